The molecule has 0 aliphatic rings. The largest absolute Gasteiger partial charge is 0.494 e. The zero-order valence-electron chi connectivity index (χ0n) is 13.6. The Bertz CT molecular complexity index is 545. The van der Waals surface area contributed by atoms with E-state index in [1.807, 2.05) is 19.1 Å². The third-order valence-corrected chi connectivity index (χ3v) is 4.47. The Morgan fingerprint density at radius 2 is 1.45 bits per heavy atom. The third kappa shape index (κ3) is 4.81. The van der Waals surface area contributed by atoms with Crippen LogP contribution in [-0.4, -0.2) is 6.61 Å². The van der Waals surface area contributed by atoms with Crippen LogP contribution in [0.4, 0.5) is 0 Å². The molecule has 0 radical (unpaired) electrons. The van der Waals surface area contributed by atoms with E-state index < -0.39 is 0 Å². The van der Waals surface area contributed by atoms with Gasteiger partial charge in [0.05, 0.1) is 11.9 Å². The maximum absolute atomic E-state index is 5.48. The molecule has 1 nitrogen and oxygen atoms in total. The molecule has 0 aliphatic carbocycles. The molecule has 0 aromatic heterocycles. The SMILES string of the molecule is CCCCCc1ccc(C(S)c2ccc(OCC)cc2)cc1. The average Bonchev–Trinajstić information content (AvgIpc) is 2.56. The fourth-order valence-corrected chi connectivity index (χ4v) is 2.90. The smallest absolute Gasteiger partial charge is 0.119 e. The van der Waals surface area contributed by atoms with Crippen molar-refractivity contribution in [3.05, 3.63) is 65.2 Å². The molecule has 22 heavy (non-hydrogen) atoms. The van der Waals surface area contributed by atoms with Crippen LogP contribution in [-0.2, 0) is 6.42 Å². The van der Waals surface area contributed by atoms with Gasteiger partial charge in [-0.25, -0.2) is 0 Å². The van der Waals surface area contributed by atoms with E-state index in [0.29, 0.717) is 6.61 Å². The minimum Gasteiger partial charge on any atom is -0.494 e. The van der Waals surface area contributed by atoms with Crippen molar-refractivity contribution < 1.29 is 4.74 Å². The number of benzene rings is 2. The van der Waals surface area contributed by atoms with Crippen LogP contribution in [0.1, 0.15) is 55.1 Å². The molecule has 0 saturated heterocycles. The molecule has 0 spiro atoms. The van der Waals surface area contributed by atoms with E-state index in [4.69, 9.17) is 17.4 Å². The predicted octanol–water partition coefficient (Wildman–Crippen LogP) is 5.84. The molecule has 0 bridgehead atoms. The molecule has 0 aliphatic heterocycles. The van der Waals surface area contributed by atoms with Crippen molar-refractivity contribution in [1.82, 2.24) is 0 Å². The van der Waals surface area contributed by atoms with Crippen LogP contribution in [0.25, 0.3) is 0 Å². The minimum atomic E-state index is 0.111. The summed E-state index contributed by atoms with van der Waals surface area (Å²) in [6, 6.07) is 17.1. The van der Waals surface area contributed by atoms with E-state index in [1.165, 1.54) is 42.4 Å². The van der Waals surface area contributed by atoms with Crippen molar-refractivity contribution in [3.63, 3.8) is 0 Å². The van der Waals surface area contributed by atoms with Gasteiger partial charge < -0.3 is 4.74 Å². The zero-order valence-corrected chi connectivity index (χ0v) is 14.5. The molecule has 1 atom stereocenters. The van der Waals surface area contributed by atoms with E-state index in [2.05, 4.69) is 43.3 Å². The second-order valence-corrected chi connectivity index (χ2v) is 6.12. The lowest BCUT2D eigenvalue weighted by Crippen LogP contribution is -1.96. The summed E-state index contributed by atoms with van der Waals surface area (Å²) in [6.07, 6.45) is 5.03. The summed E-state index contributed by atoms with van der Waals surface area (Å²) in [7, 11) is 0. The van der Waals surface area contributed by atoms with Gasteiger partial charge in [-0.15, -0.1) is 0 Å². The second kappa shape index (κ2) is 8.89. The normalized spacial score (nSPS) is 12.1. The van der Waals surface area contributed by atoms with Gasteiger partial charge in [0.2, 0.25) is 0 Å². The summed E-state index contributed by atoms with van der Waals surface area (Å²) in [5.74, 6) is 0.915. The molecule has 2 heteroatoms. The van der Waals surface area contributed by atoms with Crippen molar-refractivity contribution in [1.29, 1.82) is 0 Å². The summed E-state index contributed by atoms with van der Waals surface area (Å²) in [6.45, 7) is 4.94. The Morgan fingerprint density at radius 1 is 0.864 bits per heavy atom. The molecule has 2 rings (SSSR count). The van der Waals surface area contributed by atoms with Gasteiger partial charge in [0.15, 0.2) is 0 Å². The van der Waals surface area contributed by atoms with E-state index in [-0.39, 0.29) is 5.25 Å². The second-order valence-electron chi connectivity index (χ2n) is 5.60. The van der Waals surface area contributed by atoms with Crippen molar-refractivity contribution in [3.8, 4) is 5.75 Å². The van der Waals surface area contributed by atoms with Crippen molar-refractivity contribution in [2.24, 2.45) is 0 Å². The summed E-state index contributed by atoms with van der Waals surface area (Å²) < 4.78 is 5.48. The number of unbranched alkanes of at least 4 members (excludes halogenated alkanes) is 2. The lowest BCUT2D eigenvalue weighted by molar-refractivity contribution is 0.340. The fraction of sp³-hybridized carbons (Fsp3) is 0.400. The number of aryl methyl sites for hydroxylation is 1. The predicted molar refractivity (Wildman–Crippen MR) is 98.1 cm³/mol. The lowest BCUT2D eigenvalue weighted by atomic mass is 10.0. The Kier molecular flexibility index (Phi) is 6.85. The van der Waals surface area contributed by atoms with Gasteiger partial charge in [-0.2, -0.15) is 12.6 Å². The Hall–Kier alpha value is -1.41. The number of hydrogen-bond donors (Lipinski definition) is 1. The number of hydrogen-bond acceptors (Lipinski definition) is 2. The van der Waals surface area contributed by atoms with Gasteiger partial charge in [0.1, 0.15) is 5.75 Å². The molecular weight excluding hydrogens is 288 g/mol. The minimum absolute atomic E-state index is 0.111. The van der Waals surface area contributed by atoms with E-state index in [9.17, 15) is 0 Å². The quantitative estimate of drug-likeness (QED) is 0.476. The Balaban J connectivity index is 2.00. The van der Waals surface area contributed by atoms with Crippen LogP contribution in [0.3, 0.4) is 0 Å². The highest BCUT2D eigenvalue weighted by Gasteiger charge is 2.09. The van der Waals surface area contributed by atoms with Crippen molar-refractivity contribution >= 4 is 12.6 Å². The number of ether oxygens (including phenoxy) is 1. The average molecular weight is 314 g/mol. The van der Waals surface area contributed by atoms with Gasteiger partial charge in [-0.05, 0) is 48.6 Å². The van der Waals surface area contributed by atoms with Gasteiger partial charge in [-0.3, -0.25) is 0 Å². The molecule has 0 fully saturated rings. The highest BCUT2D eigenvalue weighted by molar-refractivity contribution is 7.80. The monoisotopic (exact) mass is 314 g/mol. The van der Waals surface area contributed by atoms with Crippen LogP contribution in [0.2, 0.25) is 0 Å². The van der Waals surface area contributed by atoms with Gasteiger partial charge >= 0.3 is 0 Å². The molecule has 1 unspecified atom stereocenters. The first-order valence-electron chi connectivity index (χ1n) is 8.24. The highest BCUT2D eigenvalue weighted by atomic mass is 32.1. The van der Waals surface area contributed by atoms with Gasteiger partial charge in [0, 0.05) is 0 Å². The van der Waals surface area contributed by atoms with Crippen LogP contribution in [0.5, 0.6) is 5.75 Å². The van der Waals surface area contributed by atoms with Crippen LogP contribution >= 0.6 is 12.6 Å². The topological polar surface area (TPSA) is 9.23 Å². The Labute approximate surface area is 140 Å². The first kappa shape index (κ1) is 17.0. The lowest BCUT2D eigenvalue weighted by Gasteiger charge is -2.13. The van der Waals surface area contributed by atoms with Crippen LogP contribution in [0.15, 0.2) is 48.5 Å². The molecule has 0 saturated carbocycles. The maximum atomic E-state index is 5.48. The fourth-order valence-electron chi connectivity index (χ4n) is 2.55. The summed E-state index contributed by atoms with van der Waals surface area (Å²) in [5, 5.41) is 0.111. The highest BCUT2D eigenvalue weighted by Crippen LogP contribution is 2.29. The van der Waals surface area contributed by atoms with Crippen molar-refractivity contribution in [2.45, 2.75) is 44.8 Å². The molecule has 0 heterocycles. The van der Waals surface area contributed by atoms with Crippen LogP contribution in [0, 0.1) is 0 Å². The van der Waals surface area contributed by atoms with E-state index in [0.717, 1.165) is 5.75 Å². The van der Waals surface area contributed by atoms with E-state index in [1.54, 1.807) is 0 Å². The molecule has 118 valence electrons. The first-order chi connectivity index (χ1) is 10.7. The van der Waals surface area contributed by atoms with Gasteiger partial charge in [-0.1, -0.05) is 56.2 Å². The number of rotatable bonds is 8. The van der Waals surface area contributed by atoms with E-state index >= 15 is 0 Å². The first-order valence-corrected chi connectivity index (χ1v) is 8.76. The molecule has 2 aromatic rings. The molecule has 2 aromatic carbocycles. The molecular formula is C20H26OS. The third-order valence-electron chi connectivity index (χ3n) is 3.87. The summed E-state index contributed by atoms with van der Waals surface area (Å²) in [4.78, 5) is 0. The van der Waals surface area contributed by atoms with Crippen LogP contribution < -0.4 is 4.74 Å². The molecule has 0 N–H and O–H groups in total. The Morgan fingerprint density at radius 3 is 2.00 bits per heavy atom. The standard InChI is InChI=1S/C20H26OS/c1-3-5-6-7-16-8-10-17(11-9-16)20(22)18-12-14-19(15-13-18)21-4-2/h8-15,20,22H,3-7H2,1-2H3. The van der Waals surface area contributed by atoms with Gasteiger partial charge in [0.25, 0.3) is 0 Å². The zero-order chi connectivity index (χ0) is 15.8. The molecule has 0 amide bonds. The summed E-state index contributed by atoms with van der Waals surface area (Å²) in [5.41, 5.74) is 3.86. The maximum Gasteiger partial charge on any atom is 0.119 e. The van der Waals surface area contributed by atoms with Crippen molar-refractivity contribution in [2.75, 3.05) is 6.61 Å². The number of thiol groups is 1. The summed E-state index contributed by atoms with van der Waals surface area (Å²) >= 11 is 4.77.